The van der Waals surface area contributed by atoms with Gasteiger partial charge in [0, 0.05) is 43.3 Å². The number of sulfonamides is 1. The number of aromatic amines is 1. The summed E-state index contributed by atoms with van der Waals surface area (Å²) in [6, 6.07) is 10.3. The summed E-state index contributed by atoms with van der Waals surface area (Å²) >= 11 is 0. The van der Waals surface area contributed by atoms with Crippen molar-refractivity contribution in [2.24, 2.45) is 0 Å². The Morgan fingerprint density at radius 2 is 1.85 bits per heavy atom. The molecule has 0 bridgehead atoms. The highest BCUT2D eigenvalue weighted by Crippen LogP contribution is 2.19. The average molecular weight is 389 g/mol. The van der Waals surface area contributed by atoms with E-state index >= 15 is 0 Å². The summed E-state index contributed by atoms with van der Waals surface area (Å²) in [7, 11) is -0.612. The van der Waals surface area contributed by atoms with Crippen LogP contribution in [-0.4, -0.2) is 44.3 Å². The number of amides is 1. The number of hydrogen-bond donors (Lipinski definition) is 2. The quantitative estimate of drug-likeness (QED) is 0.680. The van der Waals surface area contributed by atoms with Crippen molar-refractivity contribution in [1.82, 2.24) is 14.6 Å². The average Bonchev–Trinajstić information content (AvgIpc) is 3.03. The molecule has 27 heavy (non-hydrogen) atoms. The molecule has 2 aromatic carbocycles. The molecule has 0 spiro atoms. The highest BCUT2D eigenvalue weighted by atomic mass is 32.2. The molecule has 2 N–H and O–H groups in total. The summed E-state index contributed by atoms with van der Waals surface area (Å²) < 4.78 is 38.4. The molecule has 3 aromatic rings. The number of benzene rings is 2. The van der Waals surface area contributed by atoms with E-state index in [0.29, 0.717) is 24.0 Å². The van der Waals surface area contributed by atoms with Crippen molar-refractivity contribution in [3.8, 4) is 0 Å². The minimum Gasteiger partial charge on any atom is -0.361 e. The zero-order valence-electron chi connectivity index (χ0n) is 15.0. The highest BCUT2D eigenvalue weighted by Gasteiger charge is 2.17. The Morgan fingerprint density at radius 3 is 2.52 bits per heavy atom. The van der Waals surface area contributed by atoms with E-state index in [-0.39, 0.29) is 16.6 Å². The number of halogens is 1. The fourth-order valence-electron chi connectivity index (χ4n) is 2.77. The molecule has 0 saturated carbocycles. The Labute approximate surface area is 157 Å². The molecule has 142 valence electrons. The van der Waals surface area contributed by atoms with Crippen LogP contribution in [0.3, 0.4) is 0 Å². The zero-order valence-corrected chi connectivity index (χ0v) is 15.8. The largest absolute Gasteiger partial charge is 0.361 e. The lowest BCUT2D eigenvalue weighted by molar-refractivity contribution is 0.0954. The molecule has 0 aliphatic carbocycles. The van der Waals surface area contributed by atoms with Crippen molar-refractivity contribution in [3.63, 3.8) is 0 Å². The number of carbonyl (C=O) groups is 1. The van der Waals surface area contributed by atoms with E-state index in [1.54, 1.807) is 12.3 Å². The van der Waals surface area contributed by atoms with Gasteiger partial charge >= 0.3 is 0 Å². The molecule has 1 aromatic heterocycles. The third-order valence-corrected chi connectivity index (χ3v) is 6.13. The van der Waals surface area contributed by atoms with Crippen LogP contribution in [0, 0.1) is 5.82 Å². The third-order valence-electron chi connectivity index (χ3n) is 4.30. The van der Waals surface area contributed by atoms with Crippen molar-refractivity contribution >= 4 is 26.8 Å². The van der Waals surface area contributed by atoms with Gasteiger partial charge in [-0.1, -0.05) is 0 Å². The van der Waals surface area contributed by atoms with E-state index in [2.05, 4.69) is 10.3 Å². The fourth-order valence-corrected chi connectivity index (χ4v) is 3.67. The molecular formula is C19H20FN3O3S. The van der Waals surface area contributed by atoms with E-state index in [0.717, 1.165) is 15.3 Å². The maximum atomic E-state index is 13.2. The second kappa shape index (κ2) is 7.50. The first-order chi connectivity index (χ1) is 12.8. The molecule has 1 heterocycles. The Hall–Kier alpha value is -2.71. The molecule has 1 amide bonds. The lowest BCUT2D eigenvalue weighted by Crippen LogP contribution is -2.26. The van der Waals surface area contributed by atoms with Gasteiger partial charge in [-0.2, -0.15) is 0 Å². The maximum absolute atomic E-state index is 13.2. The van der Waals surface area contributed by atoms with Crippen molar-refractivity contribution in [3.05, 3.63) is 65.6 Å². The smallest absolute Gasteiger partial charge is 0.251 e. The first-order valence-electron chi connectivity index (χ1n) is 8.35. The van der Waals surface area contributed by atoms with Gasteiger partial charge < -0.3 is 10.3 Å². The van der Waals surface area contributed by atoms with Gasteiger partial charge in [0.2, 0.25) is 10.0 Å². The summed E-state index contributed by atoms with van der Waals surface area (Å²) in [5.74, 6) is -0.585. The lowest BCUT2D eigenvalue weighted by atomic mass is 10.1. The van der Waals surface area contributed by atoms with Crippen molar-refractivity contribution in [2.75, 3.05) is 20.6 Å². The fraction of sp³-hybridized carbons (Fsp3) is 0.211. The van der Waals surface area contributed by atoms with Gasteiger partial charge in [0.05, 0.1) is 4.90 Å². The van der Waals surface area contributed by atoms with Crippen molar-refractivity contribution < 1.29 is 17.6 Å². The molecule has 0 unspecified atom stereocenters. The van der Waals surface area contributed by atoms with Crippen LogP contribution in [-0.2, 0) is 16.4 Å². The molecule has 0 atom stereocenters. The molecule has 0 aliphatic rings. The van der Waals surface area contributed by atoms with Gasteiger partial charge in [-0.05, 0) is 54.4 Å². The van der Waals surface area contributed by atoms with E-state index < -0.39 is 10.0 Å². The van der Waals surface area contributed by atoms with Gasteiger partial charge in [0.1, 0.15) is 5.82 Å². The zero-order chi connectivity index (χ0) is 19.6. The maximum Gasteiger partial charge on any atom is 0.251 e. The van der Waals surface area contributed by atoms with Gasteiger partial charge in [0.25, 0.3) is 5.91 Å². The summed E-state index contributed by atoms with van der Waals surface area (Å²) in [6.07, 6.45) is 2.39. The predicted octanol–water partition coefficient (Wildman–Crippen LogP) is 2.53. The molecule has 3 rings (SSSR count). The van der Waals surface area contributed by atoms with E-state index in [1.165, 1.54) is 50.5 Å². The molecule has 6 nitrogen and oxygen atoms in total. The molecular weight excluding hydrogens is 369 g/mol. The van der Waals surface area contributed by atoms with Gasteiger partial charge in [-0.25, -0.2) is 17.1 Å². The van der Waals surface area contributed by atoms with Gasteiger partial charge in [-0.15, -0.1) is 0 Å². The molecule has 8 heteroatoms. The Bertz CT molecular complexity index is 1070. The normalized spacial score (nSPS) is 11.9. The Morgan fingerprint density at radius 1 is 1.15 bits per heavy atom. The number of rotatable bonds is 6. The number of aromatic nitrogens is 1. The van der Waals surface area contributed by atoms with Gasteiger partial charge in [0.15, 0.2) is 0 Å². The number of H-pyrrole nitrogens is 1. The summed E-state index contributed by atoms with van der Waals surface area (Å²) in [4.78, 5) is 15.4. The van der Waals surface area contributed by atoms with Crippen LogP contribution in [0.4, 0.5) is 4.39 Å². The third kappa shape index (κ3) is 4.01. The van der Waals surface area contributed by atoms with Crippen LogP contribution in [0.5, 0.6) is 0 Å². The van der Waals surface area contributed by atoms with E-state index in [9.17, 15) is 17.6 Å². The monoisotopic (exact) mass is 389 g/mol. The Balaban J connectivity index is 1.62. The number of nitrogens with one attached hydrogen (secondary N) is 2. The lowest BCUT2D eigenvalue weighted by Gasteiger charge is -2.11. The summed E-state index contributed by atoms with van der Waals surface area (Å²) in [5, 5.41) is 3.73. The highest BCUT2D eigenvalue weighted by molar-refractivity contribution is 7.89. The van der Waals surface area contributed by atoms with Crippen LogP contribution < -0.4 is 5.32 Å². The van der Waals surface area contributed by atoms with Crippen LogP contribution in [0.1, 0.15) is 15.9 Å². The van der Waals surface area contributed by atoms with Crippen LogP contribution in [0.25, 0.3) is 10.9 Å². The predicted molar refractivity (Wildman–Crippen MR) is 102 cm³/mol. The number of fused-ring (bicyclic) bond motifs is 1. The van der Waals surface area contributed by atoms with Crippen molar-refractivity contribution in [2.45, 2.75) is 11.3 Å². The first kappa shape index (κ1) is 19.1. The second-order valence-electron chi connectivity index (χ2n) is 6.32. The van der Waals surface area contributed by atoms with Crippen LogP contribution in [0.15, 0.2) is 53.6 Å². The Kier molecular flexibility index (Phi) is 5.29. The number of nitrogens with zero attached hydrogens (tertiary/aromatic N) is 1. The molecule has 0 radical (unpaired) electrons. The SMILES string of the molecule is CN(C)S(=O)(=O)c1ccc(C(=O)NCCc2c[nH]c3cc(F)ccc23)cc1. The first-order valence-corrected chi connectivity index (χ1v) is 9.79. The van der Waals surface area contributed by atoms with Crippen LogP contribution >= 0.6 is 0 Å². The van der Waals surface area contributed by atoms with E-state index in [1.807, 2.05) is 0 Å². The molecule has 0 fully saturated rings. The van der Waals surface area contributed by atoms with Crippen molar-refractivity contribution in [1.29, 1.82) is 0 Å². The van der Waals surface area contributed by atoms with E-state index in [4.69, 9.17) is 0 Å². The number of hydrogen-bond acceptors (Lipinski definition) is 3. The summed E-state index contributed by atoms with van der Waals surface area (Å²) in [6.45, 7) is 0.404. The molecule has 0 aliphatic heterocycles. The number of carbonyl (C=O) groups excluding carboxylic acids is 1. The second-order valence-corrected chi connectivity index (χ2v) is 8.47. The van der Waals surface area contributed by atoms with Gasteiger partial charge in [-0.3, -0.25) is 4.79 Å². The molecule has 0 saturated heterocycles. The minimum absolute atomic E-state index is 0.134. The summed E-state index contributed by atoms with van der Waals surface area (Å²) in [5.41, 5.74) is 2.08. The van der Waals surface area contributed by atoms with Crippen LogP contribution in [0.2, 0.25) is 0 Å². The minimum atomic E-state index is -3.52. The topological polar surface area (TPSA) is 82.3 Å². The standard InChI is InChI=1S/C19H20FN3O3S/c1-23(2)27(25,26)16-6-3-13(4-7-16)19(24)21-10-9-14-12-22-18-11-15(20)5-8-17(14)18/h3-8,11-12,22H,9-10H2,1-2H3,(H,21,24).